The molecule has 1 aromatic carbocycles. The molecule has 0 spiro atoms. The number of fused-ring (bicyclic) bond motifs is 2. The van der Waals surface area contributed by atoms with Crippen LogP contribution in [0.1, 0.15) is 30.5 Å². The number of hydrogen-bond acceptors (Lipinski definition) is 7. The monoisotopic (exact) mass is 438 g/mol. The van der Waals surface area contributed by atoms with Crippen molar-refractivity contribution < 1.29 is 4.79 Å². The fourth-order valence-electron chi connectivity index (χ4n) is 4.44. The lowest BCUT2D eigenvalue weighted by Crippen LogP contribution is -2.46. The molecule has 3 aromatic rings. The number of nitrogens with one attached hydrogen (secondary N) is 1. The van der Waals surface area contributed by atoms with Crippen molar-refractivity contribution >= 4 is 32.7 Å². The number of piperazine rings is 1. The topological polar surface area (TPSA) is 83.4 Å². The van der Waals surface area contributed by atoms with Crippen LogP contribution < -0.4 is 15.8 Å². The van der Waals surface area contributed by atoms with E-state index in [0.29, 0.717) is 10.3 Å². The minimum atomic E-state index is -0.206. The second-order valence-corrected chi connectivity index (χ2v) is 9.08. The first kappa shape index (κ1) is 20.1. The van der Waals surface area contributed by atoms with Crippen LogP contribution in [0.15, 0.2) is 35.4 Å². The largest absolute Gasteiger partial charge is 0.348 e. The van der Waals surface area contributed by atoms with E-state index in [0.717, 1.165) is 50.7 Å². The van der Waals surface area contributed by atoms with Gasteiger partial charge in [0.2, 0.25) is 5.91 Å². The molecular formula is C22H26N6O2S. The van der Waals surface area contributed by atoms with Gasteiger partial charge in [0, 0.05) is 26.2 Å². The van der Waals surface area contributed by atoms with E-state index in [4.69, 9.17) is 0 Å². The molecule has 162 valence electrons. The lowest BCUT2D eigenvalue weighted by Gasteiger charge is -2.33. The zero-order valence-corrected chi connectivity index (χ0v) is 18.4. The van der Waals surface area contributed by atoms with Crippen LogP contribution >= 0.6 is 11.3 Å². The van der Waals surface area contributed by atoms with Crippen molar-refractivity contribution in [2.75, 3.05) is 37.6 Å². The summed E-state index contributed by atoms with van der Waals surface area (Å²) in [6.45, 7) is 6.96. The molecule has 31 heavy (non-hydrogen) atoms. The van der Waals surface area contributed by atoms with Crippen LogP contribution in [0.3, 0.4) is 0 Å². The zero-order chi connectivity index (χ0) is 21.4. The Balaban J connectivity index is 1.30. The van der Waals surface area contributed by atoms with Gasteiger partial charge < -0.3 is 15.1 Å². The van der Waals surface area contributed by atoms with Crippen LogP contribution in [0.2, 0.25) is 0 Å². The summed E-state index contributed by atoms with van der Waals surface area (Å²) in [4.78, 5) is 39.2. The maximum atomic E-state index is 13.0. The van der Waals surface area contributed by atoms with Gasteiger partial charge in [-0.15, -0.1) is 0 Å². The minimum absolute atomic E-state index is 0.00730. The first-order valence-corrected chi connectivity index (χ1v) is 11.6. The summed E-state index contributed by atoms with van der Waals surface area (Å²) in [5, 5.41) is 3.91. The second-order valence-electron chi connectivity index (χ2n) is 8.11. The Morgan fingerprint density at radius 1 is 1.23 bits per heavy atom. The fraction of sp³-hybridized carbons (Fsp3) is 0.455. The molecule has 1 unspecified atom stereocenters. The maximum absolute atomic E-state index is 13.0. The van der Waals surface area contributed by atoms with E-state index in [-0.39, 0.29) is 24.1 Å². The van der Waals surface area contributed by atoms with Crippen LogP contribution in [0, 0.1) is 0 Å². The standard InChI is InChI=1S/C22H26N6O2S/c1-2-26-9-11-27(12-10-26)22-25-20-19(31-22)21(30)28(14-23-20)13-18(29)24-17-8-7-15-5-3-4-6-16(15)17/h3-6,14,17H,2,7-13H2,1H3,(H,24,29). The molecule has 1 amide bonds. The van der Waals surface area contributed by atoms with E-state index < -0.39 is 0 Å². The maximum Gasteiger partial charge on any atom is 0.273 e. The summed E-state index contributed by atoms with van der Waals surface area (Å²) >= 11 is 1.37. The van der Waals surface area contributed by atoms with Crippen LogP contribution in [0.25, 0.3) is 10.3 Å². The third-order valence-corrected chi connectivity index (χ3v) is 7.34. The van der Waals surface area contributed by atoms with Gasteiger partial charge >= 0.3 is 0 Å². The molecule has 1 N–H and O–H groups in total. The number of benzene rings is 1. The first-order valence-electron chi connectivity index (χ1n) is 10.8. The third kappa shape index (κ3) is 3.95. The zero-order valence-electron chi connectivity index (χ0n) is 17.6. The Hall–Kier alpha value is -2.78. The second kappa shape index (κ2) is 8.39. The van der Waals surface area contributed by atoms with Crippen molar-refractivity contribution in [1.29, 1.82) is 0 Å². The van der Waals surface area contributed by atoms with Gasteiger partial charge in [-0.2, -0.15) is 4.98 Å². The van der Waals surface area contributed by atoms with E-state index in [1.54, 1.807) is 0 Å². The number of thiazole rings is 1. The molecule has 0 saturated carbocycles. The van der Waals surface area contributed by atoms with Gasteiger partial charge in [0.1, 0.15) is 17.6 Å². The predicted molar refractivity (Wildman–Crippen MR) is 122 cm³/mol. The summed E-state index contributed by atoms with van der Waals surface area (Å²) in [5.74, 6) is -0.176. The Morgan fingerprint density at radius 3 is 2.84 bits per heavy atom. The number of aromatic nitrogens is 3. The Labute approximate surface area is 184 Å². The highest BCUT2D eigenvalue weighted by Gasteiger charge is 2.24. The Morgan fingerprint density at radius 2 is 2.03 bits per heavy atom. The van der Waals surface area contributed by atoms with Gasteiger partial charge in [-0.05, 0) is 30.5 Å². The van der Waals surface area contributed by atoms with E-state index >= 15 is 0 Å². The molecule has 1 aliphatic heterocycles. The Bertz CT molecular complexity index is 1160. The van der Waals surface area contributed by atoms with Crippen LogP contribution in [0.5, 0.6) is 0 Å². The van der Waals surface area contributed by atoms with Gasteiger partial charge in [0.25, 0.3) is 5.56 Å². The fourth-order valence-corrected chi connectivity index (χ4v) is 5.46. The molecule has 0 bridgehead atoms. The van der Waals surface area contributed by atoms with Crippen molar-refractivity contribution in [1.82, 2.24) is 24.8 Å². The molecule has 1 saturated heterocycles. The lowest BCUT2D eigenvalue weighted by molar-refractivity contribution is -0.122. The summed E-state index contributed by atoms with van der Waals surface area (Å²) in [7, 11) is 0. The van der Waals surface area contributed by atoms with Crippen molar-refractivity contribution in [3.8, 4) is 0 Å². The first-order chi connectivity index (χ1) is 15.1. The molecule has 0 radical (unpaired) electrons. The number of anilines is 1. The smallest absolute Gasteiger partial charge is 0.273 e. The summed E-state index contributed by atoms with van der Waals surface area (Å²) in [6.07, 6.45) is 3.29. The highest BCUT2D eigenvalue weighted by molar-refractivity contribution is 7.22. The van der Waals surface area contributed by atoms with Gasteiger partial charge in [0.05, 0.1) is 6.04 Å². The summed E-state index contributed by atoms with van der Waals surface area (Å²) in [5.41, 5.74) is 2.71. The normalized spacial score (nSPS) is 19.0. The van der Waals surface area contributed by atoms with Gasteiger partial charge in [-0.1, -0.05) is 42.5 Å². The van der Waals surface area contributed by atoms with E-state index in [2.05, 4.69) is 44.1 Å². The predicted octanol–water partition coefficient (Wildman–Crippen LogP) is 1.80. The molecule has 5 rings (SSSR count). The van der Waals surface area contributed by atoms with Crippen LogP contribution in [0.4, 0.5) is 5.13 Å². The van der Waals surface area contributed by atoms with Gasteiger partial charge in [-0.3, -0.25) is 14.2 Å². The molecule has 2 aromatic heterocycles. The van der Waals surface area contributed by atoms with E-state index in [9.17, 15) is 9.59 Å². The molecule has 1 atom stereocenters. The molecule has 1 fully saturated rings. The van der Waals surface area contributed by atoms with Gasteiger partial charge in [0.15, 0.2) is 10.8 Å². The number of hydrogen-bond donors (Lipinski definition) is 1. The lowest BCUT2D eigenvalue weighted by atomic mass is 10.1. The summed E-state index contributed by atoms with van der Waals surface area (Å²) < 4.78 is 1.89. The molecule has 2 aliphatic rings. The highest BCUT2D eigenvalue weighted by Crippen LogP contribution is 2.30. The molecule has 3 heterocycles. The number of carbonyl (C=O) groups excluding carboxylic acids is 1. The molecule has 8 nitrogen and oxygen atoms in total. The van der Waals surface area contributed by atoms with Crippen LogP contribution in [-0.4, -0.2) is 58.1 Å². The highest BCUT2D eigenvalue weighted by atomic mass is 32.1. The quantitative estimate of drug-likeness (QED) is 0.654. The molecular weight excluding hydrogens is 412 g/mol. The van der Waals surface area contributed by atoms with Gasteiger partial charge in [-0.25, -0.2) is 4.98 Å². The minimum Gasteiger partial charge on any atom is -0.348 e. The van der Waals surface area contributed by atoms with Crippen molar-refractivity contribution in [2.24, 2.45) is 0 Å². The number of carbonyl (C=O) groups is 1. The van der Waals surface area contributed by atoms with E-state index in [1.165, 1.54) is 33.4 Å². The van der Waals surface area contributed by atoms with Crippen molar-refractivity contribution in [2.45, 2.75) is 32.4 Å². The van der Waals surface area contributed by atoms with E-state index in [1.807, 2.05) is 12.1 Å². The molecule has 1 aliphatic carbocycles. The van der Waals surface area contributed by atoms with Crippen LogP contribution in [-0.2, 0) is 17.8 Å². The molecule has 9 heteroatoms. The average Bonchev–Trinajstić information content (AvgIpc) is 3.41. The van der Waals surface area contributed by atoms with Crippen molar-refractivity contribution in [3.05, 3.63) is 52.1 Å². The number of aryl methyl sites for hydroxylation is 1. The SMILES string of the molecule is CCN1CCN(c2nc3ncn(CC(=O)NC4CCc5ccccc54)c(=O)c3s2)CC1. The number of rotatable bonds is 5. The van der Waals surface area contributed by atoms with Crippen molar-refractivity contribution in [3.63, 3.8) is 0 Å². The Kier molecular flexibility index (Phi) is 5.45. The summed E-state index contributed by atoms with van der Waals surface area (Å²) in [6, 6.07) is 8.19. The average molecular weight is 439 g/mol. The number of likely N-dealkylation sites (N-methyl/N-ethyl adjacent to an activating group) is 1. The number of nitrogens with zero attached hydrogens (tertiary/aromatic N) is 5. The third-order valence-electron chi connectivity index (χ3n) is 6.24. The number of amides is 1.